The molecule has 0 radical (unpaired) electrons. The maximum Gasteiger partial charge on any atom is 0.352 e. The molecule has 0 bridgehead atoms. The van der Waals surface area contributed by atoms with Gasteiger partial charge in [-0.1, -0.05) is 5.16 Å². The number of thioether (sulfide) groups is 1. The molecule has 148 valence electrons. The summed E-state index contributed by atoms with van der Waals surface area (Å²) in [7, 11) is 0. The van der Waals surface area contributed by atoms with Crippen LogP contribution in [0.3, 0.4) is 0 Å². The molecule has 0 unspecified atom stereocenters. The van der Waals surface area contributed by atoms with Gasteiger partial charge in [-0.2, -0.15) is 9.97 Å². The third-order valence-corrected chi connectivity index (χ3v) is 5.71. The first-order chi connectivity index (χ1) is 14.2. The van der Waals surface area contributed by atoms with Crippen molar-refractivity contribution in [2.75, 3.05) is 24.2 Å². The molecule has 3 aromatic heterocycles. The third-order valence-electron chi connectivity index (χ3n) is 4.97. The second-order valence-electron chi connectivity index (χ2n) is 6.83. The SMILES string of the molecule is CSc1ccc(-c2noc(Cn3nc4nc(N5CCCC5)ccn4c3=O)n2)cc1. The molecular weight excluding hydrogens is 390 g/mol. The number of anilines is 1. The van der Waals surface area contributed by atoms with Crippen molar-refractivity contribution in [2.24, 2.45) is 0 Å². The smallest absolute Gasteiger partial charge is 0.352 e. The van der Waals surface area contributed by atoms with Crippen molar-refractivity contribution in [3.8, 4) is 11.4 Å². The maximum absolute atomic E-state index is 12.6. The highest BCUT2D eigenvalue weighted by atomic mass is 32.2. The molecule has 0 N–H and O–H groups in total. The Hall–Kier alpha value is -3.14. The van der Waals surface area contributed by atoms with E-state index in [1.54, 1.807) is 18.0 Å². The molecule has 0 amide bonds. The lowest BCUT2D eigenvalue weighted by molar-refractivity contribution is 0.364. The van der Waals surface area contributed by atoms with Crippen molar-refractivity contribution in [2.45, 2.75) is 24.3 Å². The lowest BCUT2D eigenvalue weighted by Gasteiger charge is -2.15. The van der Waals surface area contributed by atoms with Gasteiger partial charge in [-0.25, -0.2) is 13.9 Å². The Morgan fingerprint density at radius 3 is 2.66 bits per heavy atom. The lowest BCUT2D eigenvalue weighted by Crippen LogP contribution is -2.22. The van der Waals surface area contributed by atoms with Gasteiger partial charge in [-0.05, 0) is 49.4 Å². The molecule has 1 saturated heterocycles. The van der Waals surface area contributed by atoms with Gasteiger partial charge in [0.15, 0.2) is 0 Å². The number of aromatic nitrogens is 6. The maximum atomic E-state index is 12.6. The van der Waals surface area contributed by atoms with Gasteiger partial charge in [-0.15, -0.1) is 16.9 Å². The molecule has 0 aliphatic carbocycles. The zero-order valence-electron chi connectivity index (χ0n) is 15.9. The van der Waals surface area contributed by atoms with Crippen LogP contribution >= 0.6 is 11.8 Å². The Labute approximate surface area is 170 Å². The van der Waals surface area contributed by atoms with Crippen LogP contribution in [0.15, 0.2) is 50.7 Å². The monoisotopic (exact) mass is 409 g/mol. The minimum Gasteiger partial charge on any atom is -0.356 e. The van der Waals surface area contributed by atoms with Gasteiger partial charge in [0.1, 0.15) is 12.4 Å². The van der Waals surface area contributed by atoms with Crippen molar-refractivity contribution < 1.29 is 4.52 Å². The summed E-state index contributed by atoms with van der Waals surface area (Å²) in [6, 6.07) is 9.76. The van der Waals surface area contributed by atoms with E-state index >= 15 is 0 Å². The molecule has 0 saturated carbocycles. The molecule has 1 aromatic carbocycles. The fourth-order valence-corrected chi connectivity index (χ4v) is 3.83. The number of fused-ring (bicyclic) bond motifs is 1. The summed E-state index contributed by atoms with van der Waals surface area (Å²) in [5, 5.41) is 8.37. The van der Waals surface area contributed by atoms with Gasteiger partial charge in [0.25, 0.3) is 5.78 Å². The standard InChI is InChI=1S/C19H19N7O2S/c1-29-14-6-4-13(5-7-14)17-21-16(28-23-17)12-26-19(27)25-11-8-15(20-18(25)22-26)24-9-2-3-10-24/h4-8,11H,2-3,9-10,12H2,1H3. The van der Waals surface area contributed by atoms with E-state index < -0.39 is 0 Å². The van der Waals surface area contributed by atoms with Crippen LogP contribution in [0.5, 0.6) is 0 Å². The predicted octanol–water partition coefficient (Wildman–Crippen LogP) is 2.31. The molecule has 1 aliphatic rings. The van der Waals surface area contributed by atoms with Crippen molar-refractivity contribution in [3.05, 3.63) is 52.9 Å². The van der Waals surface area contributed by atoms with Gasteiger partial charge >= 0.3 is 5.69 Å². The zero-order chi connectivity index (χ0) is 19.8. The van der Waals surface area contributed by atoms with Crippen molar-refractivity contribution >= 4 is 23.4 Å². The Bertz CT molecular complexity index is 1210. The lowest BCUT2D eigenvalue weighted by atomic mass is 10.2. The van der Waals surface area contributed by atoms with E-state index in [0.717, 1.165) is 42.2 Å². The van der Waals surface area contributed by atoms with E-state index in [1.165, 1.54) is 9.08 Å². The molecule has 29 heavy (non-hydrogen) atoms. The Kier molecular flexibility index (Phi) is 4.55. The number of hydrogen-bond acceptors (Lipinski definition) is 8. The van der Waals surface area contributed by atoms with Crippen LogP contribution in [-0.2, 0) is 6.54 Å². The number of benzene rings is 1. The Morgan fingerprint density at radius 1 is 1.10 bits per heavy atom. The highest BCUT2D eigenvalue weighted by Gasteiger charge is 2.17. The highest BCUT2D eigenvalue weighted by Crippen LogP contribution is 2.21. The largest absolute Gasteiger partial charge is 0.356 e. The molecular formula is C19H19N7O2S. The van der Waals surface area contributed by atoms with Gasteiger partial charge in [0.2, 0.25) is 11.7 Å². The van der Waals surface area contributed by atoms with Crippen LogP contribution in [0.1, 0.15) is 18.7 Å². The summed E-state index contributed by atoms with van der Waals surface area (Å²) in [5.74, 6) is 2.02. The fraction of sp³-hybridized carbons (Fsp3) is 0.316. The number of rotatable bonds is 5. The van der Waals surface area contributed by atoms with E-state index in [2.05, 4.69) is 25.1 Å². The molecule has 9 nitrogen and oxygen atoms in total. The molecule has 0 spiro atoms. The average molecular weight is 409 g/mol. The molecule has 1 aliphatic heterocycles. The van der Waals surface area contributed by atoms with E-state index in [4.69, 9.17) is 4.52 Å². The molecule has 1 fully saturated rings. The predicted molar refractivity (Wildman–Crippen MR) is 109 cm³/mol. The summed E-state index contributed by atoms with van der Waals surface area (Å²) < 4.78 is 8.06. The van der Waals surface area contributed by atoms with Crippen molar-refractivity contribution in [1.29, 1.82) is 0 Å². The van der Waals surface area contributed by atoms with Crippen molar-refractivity contribution in [1.82, 2.24) is 29.3 Å². The summed E-state index contributed by atoms with van der Waals surface area (Å²) in [4.78, 5) is 24.9. The summed E-state index contributed by atoms with van der Waals surface area (Å²) in [6.07, 6.45) is 6.06. The minimum atomic E-state index is -0.287. The molecule has 4 aromatic rings. The second kappa shape index (κ2) is 7.36. The van der Waals surface area contributed by atoms with E-state index in [0.29, 0.717) is 17.5 Å². The van der Waals surface area contributed by atoms with Gasteiger partial charge < -0.3 is 9.42 Å². The van der Waals surface area contributed by atoms with Gasteiger partial charge in [0.05, 0.1) is 0 Å². The topological polar surface area (TPSA) is 94.4 Å². The quantitative estimate of drug-likeness (QED) is 0.464. The van der Waals surface area contributed by atoms with E-state index in [-0.39, 0.29) is 12.2 Å². The van der Waals surface area contributed by atoms with Crippen LogP contribution in [0.4, 0.5) is 5.82 Å². The van der Waals surface area contributed by atoms with E-state index in [1.807, 2.05) is 36.6 Å². The molecule has 10 heteroatoms. The molecule has 4 heterocycles. The summed E-state index contributed by atoms with van der Waals surface area (Å²) >= 11 is 1.67. The third kappa shape index (κ3) is 3.39. The van der Waals surface area contributed by atoms with Crippen molar-refractivity contribution in [3.63, 3.8) is 0 Å². The average Bonchev–Trinajstić information content (AvgIpc) is 3.50. The number of hydrogen-bond donors (Lipinski definition) is 0. The first kappa shape index (κ1) is 17.9. The van der Waals surface area contributed by atoms with Crippen LogP contribution in [0, 0.1) is 0 Å². The van der Waals surface area contributed by atoms with E-state index in [9.17, 15) is 4.79 Å². The van der Waals surface area contributed by atoms with Crippen LogP contribution < -0.4 is 10.6 Å². The summed E-state index contributed by atoms with van der Waals surface area (Å²) in [5.41, 5.74) is 0.571. The molecule has 5 rings (SSSR count). The van der Waals surface area contributed by atoms with Gasteiger partial charge in [-0.3, -0.25) is 0 Å². The second-order valence-corrected chi connectivity index (χ2v) is 7.71. The minimum absolute atomic E-state index is 0.0944. The first-order valence-electron chi connectivity index (χ1n) is 9.39. The Balaban J connectivity index is 1.40. The Morgan fingerprint density at radius 2 is 1.90 bits per heavy atom. The summed E-state index contributed by atoms with van der Waals surface area (Å²) in [6.45, 7) is 2.06. The van der Waals surface area contributed by atoms with Crippen LogP contribution in [-0.4, -0.2) is 48.7 Å². The number of nitrogens with zero attached hydrogens (tertiary/aromatic N) is 7. The van der Waals surface area contributed by atoms with Crippen LogP contribution in [0.2, 0.25) is 0 Å². The normalized spacial score (nSPS) is 14.2. The highest BCUT2D eigenvalue weighted by molar-refractivity contribution is 7.98. The molecule has 0 atom stereocenters. The van der Waals surface area contributed by atoms with Gasteiger partial charge in [0, 0.05) is 29.7 Å². The zero-order valence-corrected chi connectivity index (χ0v) is 16.7. The fourth-order valence-electron chi connectivity index (χ4n) is 3.43. The van der Waals surface area contributed by atoms with Crippen LogP contribution in [0.25, 0.3) is 17.2 Å². The first-order valence-corrected chi connectivity index (χ1v) is 10.6.